The van der Waals surface area contributed by atoms with Gasteiger partial charge in [-0.05, 0) is 37.5 Å². The summed E-state index contributed by atoms with van der Waals surface area (Å²) in [5, 5.41) is 9.29. The fraction of sp³-hybridized carbons (Fsp3) is 0.882. The zero-order chi connectivity index (χ0) is 15.6. The molecule has 2 atom stereocenters. The Balaban J connectivity index is 2.14. The molecule has 0 radical (unpaired) electrons. The number of piperidine rings is 1. The van der Waals surface area contributed by atoms with E-state index in [1.54, 1.807) is 0 Å². The van der Waals surface area contributed by atoms with Crippen LogP contribution in [0.4, 0.5) is 0 Å². The Morgan fingerprint density at radius 2 is 1.86 bits per heavy atom. The fourth-order valence-corrected chi connectivity index (χ4v) is 4.37. The van der Waals surface area contributed by atoms with E-state index in [9.17, 15) is 14.7 Å². The smallest absolute Gasteiger partial charge is 0.308 e. The molecule has 2 aliphatic rings. The average Bonchev–Trinajstić information content (AvgIpc) is 2.85. The van der Waals surface area contributed by atoms with Gasteiger partial charge in [-0.3, -0.25) is 9.59 Å². The van der Waals surface area contributed by atoms with E-state index in [1.807, 2.05) is 4.90 Å². The summed E-state index contributed by atoms with van der Waals surface area (Å²) in [6, 6.07) is 0. The van der Waals surface area contributed by atoms with Crippen LogP contribution in [0.15, 0.2) is 0 Å². The highest BCUT2D eigenvalue weighted by Crippen LogP contribution is 2.45. The summed E-state index contributed by atoms with van der Waals surface area (Å²) in [6.45, 7) is 7.53. The Morgan fingerprint density at radius 3 is 2.38 bits per heavy atom. The summed E-state index contributed by atoms with van der Waals surface area (Å²) in [4.78, 5) is 26.3. The van der Waals surface area contributed by atoms with Crippen molar-refractivity contribution >= 4 is 11.9 Å². The van der Waals surface area contributed by atoms with E-state index in [-0.39, 0.29) is 17.2 Å². The summed E-state index contributed by atoms with van der Waals surface area (Å²) in [7, 11) is 0. The Labute approximate surface area is 127 Å². The van der Waals surface area contributed by atoms with Crippen LogP contribution in [0.25, 0.3) is 0 Å². The summed E-state index contributed by atoms with van der Waals surface area (Å²) < 4.78 is 0. The third kappa shape index (κ3) is 3.58. The molecular formula is C17H29NO3. The molecule has 21 heavy (non-hydrogen) atoms. The van der Waals surface area contributed by atoms with Crippen LogP contribution in [0, 0.1) is 23.2 Å². The molecule has 0 aromatic rings. The average molecular weight is 295 g/mol. The van der Waals surface area contributed by atoms with Crippen LogP contribution in [-0.2, 0) is 9.59 Å². The molecule has 1 amide bonds. The lowest BCUT2D eigenvalue weighted by atomic mass is 9.76. The van der Waals surface area contributed by atoms with Crippen molar-refractivity contribution in [3.05, 3.63) is 0 Å². The summed E-state index contributed by atoms with van der Waals surface area (Å²) >= 11 is 0. The minimum atomic E-state index is -0.760. The number of hydrogen-bond acceptors (Lipinski definition) is 2. The van der Waals surface area contributed by atoms with E-state index in [0.29, 0.717) is 18.9 Å². The maximum Gasteiger partial charge on any atom is 0.308 e. The van der Waals surface area contributed by atoms with Crippen molar-refractivity contribution < 1.29 is 14.7 Å². The highest BCUT2D eigenvalue weighted by Gasteiger charge is 2.45. The molecule has 0 bridgehead atoms. The van der Waals surface area contributed by atoms with Crippen LogP contribution in [0.1, 0.15) is 59.3 Å². The van der Waals surface area contributed by atoms with Crippen LogP contribution in [0.2, 0.25) is 0 Å². The maximum atomic E-state index is 13.1. The highest BCUT2D eigenvalue weighted by atomic mass is 16.4. The van der Waals surface area contributed by atoms with Crippen LogP contribution in [0.3, 0.4) is 0 Å². The van der Waals surface area contributed by atoms with E-state index in [2.05, 4.69) is 20.8 Å². The second-order valence-electron chi connectivity index (χ2n) is 7.67. The number of carbonyl (C=O) groups excluding carboxylic acids is 1. The van der Waals surface area contributed by atoms with Gasteiger partial charge < -0.3 is 10.0 Å². The predicted octanol–water partition coefficient (Wildman–Crippen LogP) is 3.16. The normalized spacial score (nSPS) is 28.9. The van der Waals surface area contributed by atoms with Crippen molar-refractivity contribution in [1.29, 1.82) is 0 Å². The highest BCUT2D eigenvalue weighted by molar-refractivity contribution is 5.84. The van der Waals surface area contributed by atoms with Crippen molar-refractivity contribution in [1.82, 2.24) is 4.90 Å². The SMILES string of the molecule is CC(C)CC1(C(=O)N2CC(C)CC(C(=O)O)C2)CCCC1. The van der Waals surface area contributed by atoms with Gasteiger partial charge in [-0.15, -0.1) is 0 Å². The van der Waals surface area contributed by atoms with Crippen molar-refractivity contribution in [3.63, 3.8) is 0 Å². The molecule has 1 aliphatic heterocycles. The Bertz CT molecular complexity index is 399. The van der Waals surface area contributed by atoms with Gasteiger partial charge in [0.05, 0.1) is 5.92 Å². The molecule has 4 nitrogen and oxygen atoms in total. The minimum Gasteiger partial charge on any atom is -0.481 e. The van der Waals surface area contributed by atoms with Gasteiger partial charge in [-0.25, -0.2) is 0 Å². The van der Waals surface area contributed by atoms with E-state index >= 15 is 0 Å². The predicted molar refractivity (Wildman–Crippen MR) is 81.8 cm³/mol. The molecule has 1 saturated heterocycles. The third-order valence-corrected chi connectivity index (χ3v) is 5.11. The second-order valence-corrected chi connectivity index (χ2v) is 7.67. The van der Waals surface area contributed by atoms with Crippen LogP contribution < -0.4 is 0 Å². The second kappa shape index (κ2) is 6.37. The molecule has 2 fully saturated rings. The summed E-state index contributed by atoms with van der Waals surface area (Å²) in [5.74, 6) is -0.142. The van der Waals surface area contributed by atoms with Crippen molar-refractivity contribution in [2.45, 2.75) is 59.3 Å². The van der Waals surface area contributed by atoms with E-state index in [0.717, 1.165) is 38.6 Å². The van der Waals surface area contributed by atoms with Gasteiger partial charge in [0.15, 0.2) is 0 Å². The Hall–Kier alpha value is -1.06. The number of carboxylic acids is 1. The molecule has 0 spiro atoms. The molecule has 2 unspecified atom stereocenters. The quantitative estimate of drug-likeness (QED) is 0.866. The fourth-order valence-electron chi connectivity index (χ4n) is 4.37. The van der Waals surface area contributed by atoms with Crippen molar-refractivity contribution in [2.24, 2.45) is 23.2 Å². The molecule has 1 heterocycles. The summed E-state index contributed by atoms with van der Waals surface area (Å²) in [5.41, 5.74) is -0.214. The van der Waals surface area contributed by atoms with Gasteiger partial charge in [0.25, 0.3) is 0 Å². The zero-order valence-corrected chi connectivity index (χ0v) is 13.6. The zero-order valence-electron chi connectivity index (χ0n) is 13.6. The lowest BCUT2D eigenvalue weighted by molar-refractivity contribution is -0.151. The van der Waals surface area contributed by atoms with E-state index in [4.69, 9.17) is 0 Å². The van der Waals surface area contributed by atoms with Gasteiger partial charge in [-0.1, -0.05) is 33.6 Å². The van der Waals surface area contributed by atoms with Crippen molar-refractivity contribution in [3.8, 4) is 0 Å². The van der Waals surface area contributed by atoms with E-state index in [1.165, 1.54) is 0 Å². The number of aliphatic carboxylic acids is 1. The largest absolute Gasteiger partial charge is 0.481 e. The molecule has 0 aromatic carbocycles. The molecule has 1 N–H and O–H groups in total. The van der Waals surface area contributed by atoms with Gasteiger partial charge in [0, 0.05) is 18.5 Å². The standard InChI is InChI=1S/C17H29NO3/c1-12(2)9-17(6-4-5-7-17)16(21)18-10-13(3)8-14(11-18)15(19)20/h12-14H,4-11H2,1-3H3,(H,19,20). The minimum absolute atomic E-state index is 0.214. The number of rotatable bonds is 4. The first-order valence-corrected chi connectivity index (χ1v) is 8.36. The van der Waals surface area contributed by atoms with Gasteiger partial charge >= 0.3 is 5.97 Å². The number of hydrogen-bond donors (Lipinski definition) is 1. The lowest BCUT2D eigenvalue weighted by Crippen LogP contribution is -2.51. The summed E-state index contributed by atoms with van der Waals surface area (Å²) in [6.07, 6.45) is 5.85. The molecule has 120 valence electrons. The monoisotopic (exact) mass is 295 g/mol. The number of amides is 1. The molecular weight excluding hydrogens is 266 g/mol. The molecule has 1 saturated carbocycles. The molecule has 0 aromatic heterocycles. The van der Waals surface area contributed by atoms with Gasteiger partial charge in [-0.2, -0.15) is 0 Å². The van der Waals surface area contributed by atoms with Crippen LogP contribution in [-0.4, -0.2) is 35.0 Å². The Kier molecular flexibility index (Phi) is 4.95. The number of carboxylic acid groups (broad SMARTS) is 1. The van der Waals surface area contributed by atoms with Gasteiger partial charge in [0.2, 0.25) is 5.91 Å². The number of likely N-dealkylation sites (tertiary alicyclic amines) is 1. The molecule has 1 aliphatic carbocycles. The maximum absolute atomic E-state index is 13.1. The first-order valence-electron chi connectivity index (χ1n) is 8.36. The van der Waals surface area contributed by atoms with Crippen molar-refractivity contribution in [2.75, 3.05) is 13.1 Å². The Morgan fingerprint density at radius 1 is 1.24 bits per heavy atom. The van der Waals surface area contributed by atoms with Gasteiger partial charge in [0.1, 0.15) is 0 Å². The van der Waals surface area contributed by atoms with Crippen LogP contribution >= 0.6 is 0 Å². The van der Waals surface area contributed by atoms with E-state index < -0.39 is 11.9 Å². The molecule has 2 rings (SSSR count). The lowest BCUT2D eigenvalue weighted by Gasteiger charge is -2.41. The topological polar surface area (TPSA) is 57.6 Å². The number of nitrogens with zero attached hydrogens (tertiary/aromatic N) is 1. The first-order chi connectivity index (χ1) is 9.84. The number of carbonyl (C=O) groups is 2. The first kappa shape index (κ1) is 16.3. The molecule has 4 heteroatoms. The third-order valence-electron chi connectivity index (χ3n) is 5.11. The van der Waals surface area contributed by atoms with Crippen LogP contribution in [0.5, 0.6) is 0 Å².